The molecule has 0 unspecified atom stereocenters. The molecule has 0 radical (unpaired) electrons. The van der Waals surface area contributed by atoms with Crippen LogP contribution in [0.15, 0.2) is 35.5 Å². The average molecular weight is 279 g/mol. The highest BCUT2D eigenvalue weighted by atomic mass is 32.2. The van der Waals surface area contributed by atoms with Crippen LogP contribution in [0.1, 0.15) is 17.0 Å². The number of hydrogen-bond donors (Lipinski definition) is 1. The molecule has 0 spiro atoms. The van der Waals surface area contributed by atoms with E-state index in [0.717, 1.165) is 11.1 Å². The van der Waals surface area contributed by atoms with Gasteiger partial charge >= 0.3 is 0 Å². The minimum Gasteiger partial charge on any atom is -0.332 e. The number of aryl methyl sites for hydroxylation is 2. The molecular formula is C13H17N3O2S. The number of rotatable bonds is 4. The molecule has 0 bridgehead atoms. The van der Waals surface area contributed by atoms with Gasteiger partial charge in [-0.25, -0.2) is 13.4 Å². The Balaban J connectivity index is 2.22. The predicted molar refractivity (Wildman–Crippen MR) is 73.2 cm³/mol. The first-order valence-corrected chi connectivity index (χ1v) is 7.37. The Labute approximate surface area is 113 Å². The van der Waals surface area contributed by atoms with E-state index in [2.05, 4.69) is 9.97 Å². The number of H-pyrrole nitrogens is 1. The molecule has 0 aliphatic heterocycles. The van der Waals surface area contributed by atoms with Gasteiger partial charge in [0.2, 0.25) is 0 Å². The molecule has 102 valence electrons. The summed E-state index contributed by atoms with van der Waals surface area (Å²) in [5, 5.41) is 0.125. The predicted octanol–water partition coefficient (Wildman–Crippen LogP) is 1.85. The topological polar surface area (TPSA) is 66.1 Å². The lowest BCUT2D eigenvalue weighted by Crippen LogP contribution is -2.26. The van der Waals surface area contributed by atoms with Gasteiger partial charge < -0.3 is 4.98 Å². The first-order chi connectivity index (χ1) is 8.89. The number of imidazole rings is 1. The number of nitrogens with zero attached hydrogens (tertiary/aromatic N) is 2. The Hall–Kier alpha value is -1.66. The molecule has 5 nitrogen and oxygen atoms in total. The standard InChI is InChI=1S/C13H17N3O2S/c1-10-5-4-6-12(7-10)9-16(3)19(17,18)13-8-14-11(2)15-13/h4-8H,9H2,1-3H3,(H,14,15). The van der Waals surface area contributed by atoms with Crippen molar-refractivity contribution in [3.63, 3.8) is 0 Å². The zero-order valence-electron chi connectivity index (χ0n) is 11.2. The molecule has 19 heavy (non-hydrogen) atoms. The van der Waals surface area contributed by atoms with Crippen molar-refractivity contribution in [2.24, 2.45) is 0 Å². The molecule has 0 aliphatic carbocycles. The molecule has 0 amide bonds. The minimum atomic E-state index is -3.51. The van der Waals surface area contributed by atoms with E-state index >= 15 is 0 Å². The molecule has 0 fully saturated rings. The molecule has 1 aromatic heterocycles. The lowest BCUT2D eigenvalue weighted by atomic mass is 10.1. The van der Waals surface area contributed by atoms with Crippen LogP contribution >= 0.6 is 0 Å². The maximum Gasteiger partial charge on any atom is 0.260 e. The van der Waals surface area contributed by atoms with Crippen LogP contribution < -0.4 is 0 Å². The normalized spacial score (nSPS) is 12.0. The van der Waals surface area contributed by atoms with Gasteiger partial charge in [-0.05, 0) is 19.4 Å². The largest absolute Gasteiger partial charge is 0.332 e. The van der Waals surface area contributed by atoms with Crippen LogP contribution in [0.3, 0.4) is 0 Å². The molecule has 0 atom stereocenters. The number of hydrogen-bond acceptors (Lipinski definition) is 3. The Morgan fingerprint density at radius 1 is 1.32 bits per heavy atom. The van der Waals surface area contributed by atoms with E-state index in [0.29, 0.717) is 12.4 Å². The summed E-state index contributed by atoms with van der Waals surface area (Å²) >= 11 is 0. The average Bonchev–Trinajstić information content (AvgIpc) is 2.76. The summed E-state index contributed by atoms with van der Waals surface area (Å²) in [4.78, 5) is 6.68. The van der Waals surface area contributed by atoms with Crippen LogP contribution in [0.25, 0.3) is 0 Å². The molecule has 2 rings (SSSR count). The molecule has 0 saturated carbocycles. The fourth-order valence-corrected chi connectivity index (χ4v) is 2.97. The number of benzene rings is 1. The highest BCUT2D eigenvalue weighted by Crippen LogP contribution is 2.15. The monoisotopic (exact) mass is 279 g/mol. The van der Waals surface area contributed by atoms with Crippen LogP contribution in [-0.2, 0) is 16.6 Å². The molecule has 6 heteroatoms. The van der Waals surface area contributed by atoms with Crippen LogP contribution in [0.2, 0.25) is 0 Å². The number of nitrogens with one attached hydrogen (secondary N) is 1. The van der Waals surface area contributed by atoms with E-state index in [4.69, 9.17) is 0 Å². The Bertz CT molecular complexity index is 677. The molecule has 1 aromatic carbocycles. The lowest BCUT2D eigenvalue weighted by molar-refractivity contribution is 0.464. The van der Waals surface area contributed by atoms with Gasteiger partial charge in [-0.3, -0.25) is 0 Å². The highest BCUT2D eigenvalue weighted by Gasteiger charge is 2.22. The quantitative estimate of drug-likeness (QED) is 0.928. The number of aromatic amines is 1. The van der Waals surface area contributed by atoms with Crippen LogP contribution in [-0.4, -0.2) is 29.7 Å². The lowest BCUT2D eigenvalue weighted by Gasteiger charge is -2.16. The van der Waals surface area contributed by atoms with E-state index in [-0.39, 0.29) is 5.03 Å². The molecule has 1 heterocycles. The van der Waals surface area contributed by atoms with Gasteiger partial charge in [0.15, 0.2) is 5.03 Å². The summed E-state index contributed by atoms with van der Waals surface area (Å²) in [6, 6.07) is 7.79. The summed E-state index contributed by atoms with van der Waals surface area (Å²) in [5.74, 6) is 0.586. The second kappa shape index (κ2) is 5.14. The summed E-state index contributed by atoms with van der Waals surface area (Å²) < 4.78 is 25.9. The van der Waals surface area contributed by atoms with Crippen molar-refractivity contribution in [1.29, 1.82) is 0 Å². The smallest absolute Gasteiger partial charge is 0.260 e. The molecule has 0 aliphatic rings. The van der Waals surface area contributed by atoms with Crippen molar-refractivity contribution in [3.8, 4) is 0 Å². The first kappa shape index (κ1) is 13.8. The van der Waals surface area contributed by atoms with E-state index < -0.39 is 10.0 Å². The van der Waals surface area contributed by atoms with Crippen LogP contribution in [0.5, 0.6) is 0 Å². The summed E-state index contributed by atoms with van der Waals surface area (Å²) in [6.45, 7) is 4.04. The maximum absolute atomic E-state index is 12.3. The van der Waals surface area contributed by atoms with Crippen LogP contribution in [0.4, 0.5) is 0 Å². The van der Waals surface area contributed by atoms with Crippen molar-refractivity contribution in [1.82, 2.24) is 14.3 Å². The third-order valence-electron chi connectivity index (χ3n) is 2.86. The Morgan fingerprint density at radius 2 is 2.05 bits per heavy atom. The Kier molecular flexibility index (Phi) is 3.73. The number of sulfonamides is 1. The van der Waals surface area contributed by atoms with Gasteiger partial charge in [0, 0.05) is 13.6 Å². The van der Waals surface area contributed by atoms with Gasteiger partial charge in [-0.1, -0.05) is 29.8 Å². The summed E-state index contributed by atoms with van der Waals surface area (Å²) in [7, 11) is -1.95. The van der Waals surface area contributed by atoms with Gasteiger partial charge in [0.05, 0.1) is 6.20 Å². The first-order valence-electron chi connectivity index (χ1n) is 5.93. The zero-order chi connectivity index (χ0) is 14.0. The van der Waals surface area contributed by atoms with Gasteiger partial charge in [0.1, 0.15) is 5.82 Å². The van der Waals surface area contributed by atoms with Crippen LogP contribution in [0, 0.1) is 13.8 Å². The van der Waals surface area contributed by atoms with Crippen molar-refractivity contribution in [2.75, 3.05) is 7.05 Å². The van der Waals surface area contributed by atoms with Gasteiger partial charge in [-0.15, -0.1) is 0 Å². The Morgan fingerprint density at radius 3 is 2.63 bits per heavy atom. The van der Waals surface area contributed by atoms with Crippen molar-refractivity contribution in [2.45, 2.75) is 25.4 Å². The summed E-state index contributed by atoms with van der Waals surface area (Å²) in [6.07, 6.45) is 1.34. The molecule has 1 N–H and O–H groups in total. The maximum atomic E-state index is 12.3. The van der Waals surface area contributed by atoms with Crippen molar-refractivity contribution >= 4 is 10.0 Å². The third kappa shape index (κ3) is 3.02. The van der Waals surface area contributed by atoms with E-state index in [1.165, 1.54) is 10.5 Å². The van der Waals surface area contributed by atoms with Gasteiger partial charge in [-0.2, -0.15) is 4.31 Å². The summed E-state index contributed by atoms with van der Waals surface area (Å²) in [5.41, 5.74) is 2.07. The second-order valence-corrected chi connectivity index (χ2v) is 6.60. The van der Waals surface area contributed by atoms with Crippen molar-refractivity contribution < 1.29 is 8.42 Å². The van der Waals surface area contributed by atoms with E-state index in [9.17, 15) is 8.42 Å². The minimum absolute atomic E-state index is 0.125. The second-order valence-electron chi connectivity index (χ2n) is 4.58. The fourth-order valence-electron chi connectivity index (χ4n) is 1.85. The molecule has 2 aromatic rings. The SMILES string of the molecule is Cc1cccc(CN(C)S(=O)(=O)c2cnc(C)[nH]2)c1. The van der Waals surface area contributed by atoms with E-state index in [1.807, 2.05) is 31.2 Å². The zero-order valence-corrected chi connectivity index (χ0v) is 12.0. The molecular weight excluding hydrogens is 262 g/mol. The highest BCUT2D eigenvalue weighted by molar-refractivity contribution is 7.89. The fraction of sp³-hybridized carbons (Fsp3) is 0.308. The number of aromatic nitrogens is 2. The van der Waals surface area contributed by atoms with Gasteiger partial charge in [0.25, 0.3) is 10.0 Å². The third-order valence-corrected chi connectivity index (χ3v) is 4.57. The van der Waals surface area contributed by atoms with Crippen molar-refractivity contribution in [3.05, 3.63) is 47.4 Å². The van der Waals surface area contributed by atoms with E-state index in [1.54, 1.807) is 14.0 Å². The molecule has 0 saturated heterocycles.